The van der Waals surface area contributed by atoms with Crippen LogP contribution in [-0.4, -0.2) is 15.0 Å². The van der Waals surface area contributed by atoms with E-state index in [2.05, 4.69) is 11.1 Å². The fourth-order valence-corrected chi connectivity index (χ4v) is 0.417. The molecular formula is C3H7O3S. The van der Waals surface area contributed by atoms with E-state index in [0.29, 0.717) is 6.42 Å². The quantitative estimate of drug-likeness (QED) is 0.526. The highest BCUT2D eigenvalue weighted by Crippen LogP contribution is 1.76. The minimum absolute atomic E-state index is 0.193. The highest BCUT2D eigenvalue weighted by Gasteiger charge is 1.79. The van der Waals surface area contributed by atoms with E-state index in [1.807, 2.05) is 0 Å². The van der Waals surface area contributed by atoms with E-state index in [1.165, 1.54) is 0 Å². The third-order valence-corrected chi connectivity index (χ3v) is 0.734. The Hall–Kier alpha value is -0.0900. The monoisotopic (exact) mass is 123 g/mol. The number of thiol groups is 1. The van der Waals surface area contributed by atoms with Gasteiger partial charge >= 0.3 is 0 Å². The lowest BCUT2D eigenvalue weighted by molar-refractivity contribution is 0.339. The number of hydrogen-bond donors (Lipinski definition) is 1. The Bertz CT molecular complexity index is 88.4. The molecule has 0 fully saturated rings. The lowest BCUT2D eigenvalue weighted by Gasteiger charge is -1.84. The first-order chi connectivity index (χ1) is 3.27. The molecule has 0 unspecified atom stereocenters. The third-order valence-electron chi connectivity index (χ3n) is 0.341. The van der Waals surface area contributed by atoms with Gasteiger partial charge in [0.15, 0.2) is 0 Å². The summed E-state index contributed by atoms with van der Waals surface area (Å²) in [6.45, 7) is 3.56. The molecule has 0 heterocycles. The summed E-state index contributed by atoms with van der Waals surface area (Å²) in [4.78, 5) is 0. The molecule has 0 N–H and O–H groups in total. The van der Waals surface area contributed by atoms with Crippen LogP contribution >= 0.6 is 0 Å². The largest absolute Gasteiger partial charge is 0.272 e. The van der Waals surface area contributed by atoms with Crippen molar-refractivity contribution in [2.24, 2.45) is 0 Å². The zero-order chi connectivity index (χ0) is 5.70. The van der Waals surface area contributed by atoms with Crippen LogP contribution in [0.4, 0.5) is 0 Å². The summed E-state index contributed by atoms with van der Waals surface area (Å²) in [5.74, 6) is 0. The minimum atomic E-state index is -2.65. The van der Waals surface area contributed by atoms with Crippen molar-refractivity contribution in [1.29, 1.82) is 0 Å². The van der Waals surface area contributed by atoms with Gasteiger partial charge in [-0.1, -0.05) is 6.92 Å². The molecule has 0 bridgehead atoms. The molecule has 0 aliphatic rings. The fourth-order valence-electron chi connectivity index (χ4n) is 0.139. The Morgan fingerprint density at radius 1 is 1.57 bits per heavy atom. The number of rotatable bonds is 3. The first-order valence-corrected chi connectivity index (χ1v) is 2.93. The average molecular weight is 123 g/mol. The van der Waals surface area contributed by atoms with Crippen molar-refractivity contribution in [2.75, 3.05) is 6.61 Å². The highest BCUT2D eigenvalue weighted by atomic mass is 32.2. The van der Waals surface area contributed by atoms with Crippen LogP contribution in [0, 0.1) is 6.92 Å². The maximum absolute atomic E-state index is 9.55. The number of hydrogen-bond acceptors (Lipinski definition) is 3. The molecule has 0 rings (SSSR count). The van der Waals surface area contributed by atoms with Crippen LogP contribution in [-0.2, 0) is 15.2 Å². The van der Waals surface area contributed by atoms with E-state index in [0.717, 1.165) is 0 Å². The molecule has 0 atom stereocenters. The molecule has 0 amide bonds. The molecule has 7 heavy (non-hydrogen) atoms. The predicted molar refractivity (Wildman–Crippen MR) is 26.2 cm³/mol. The molecule has 4 heteroatoms. The van der Waals surface area contributed by atoms with Crippen molar-refractivity contribution >= 4 is 11.0 Å². The van der Waals surface area contributed by atoms with E-state index < -0.39 is 11.0 Å². The van der Waals surface area contributed by atoms with Crippen LogP contribution in [0.1, 0.15) is 6.42 Å². The average Bonchev–Trinajstić information content (AvgIpc) is 1.61. The first kappa shape index (κ1) is 6.91. The van der Waals surface area contributed by atoms with Gasteiger partial charge in [0.25, 0.3) is 11.0 Å². The SMILES string of the molecule is [CH2]CCO[SH](=O)=O. The molecule has 0 aliphatic carbocycles. The molecule has 0 spiro atoms. The van der Waals surface area contributed by atoms with Crippen LogP contribution in [0.3, 0.4) is 0 Å². The molecular weight excluding hydrogens is 116 g/mol. The molecule has 0 saturated carbocycles. The van der Waals surface area contributed by atoms with Gasteiger partial charge in [-0.25, -0.2) is 8.42 Å². The van der Waals surface area contributed by atoms with Crippen LogP contribution in [0.25, 0.3) is 0 Å². The van der Waals surface area contributed by atoms with Gasteiger partial charge in [0, 0.05) is 0 Å². The van der Waals surface area contributed by atoms with E-state index in [4.69, 9.17) is 0 Å². The van der Waals surface area contributed by atoms with Crippen molar-refractivity contribution in [1.82, 2.24) is 0 Å². The summed E-state index contributed by atoms with van der Waals surface area (Å²) in [7, 11) is -2.65. The third kappa shape index (κ3) is 5.91. The molecule has 0 saturated heterocycles. The predicted octanol–water partition coefficient (Wildman–Crippen LogP) is -0.246. The van der Waals surface area contributed by atoms with Gasteiger partial charge in [-0.05, 0) is 6.42 Å². The van der Waals surface area contributed by atoms with Crippen LogP contribution in [0.5, 0.6) is 0 Å². The van der Waals surface area contributed by atoms with Crippen molar-refractivity contribution in [3.63, 3.8) is 0 Å². The van der Waals surface area contributed by atoms with Gasteiger partial charge < -0.3 is 0 Å². The van der Waals surface area contributed by atoms with Gasteiger partial charge in [-0.15, -0.1) is 0 Å². The molecule has 0 aromatic heterocycles. The zero-order valence-corrected chi connectivity index (χ0v) is 4.69. The second kappa shape index (κ2) is 4.08. The Morgan fingerprint density at radius 3 is 2.29 bits per heavy atom. The second-order valence-electron chi connectivity index (χ2n) is 0.910. The van der Waals surface area contributed by atoms with Crippen LogP contribution in [0.2, 0.25) is 0 Å². The maximum Gasteiger partial charge on any atom is 0.257 e. The van der Waals surface area contributed by atoms with E-state index in [-0.39, 0.29) is 6.61 Å². The van der Waals surface area contributed by atoms with Gasteiger partial charge in [0.2, 0.25) is 0 Å². The Kier molecular flexibility index (Phi) is 4.03. The summed E-state index contributed by atoms with van der Waals surface area (Å²) in [5.41, 5.74) is 0. The van der Waals surface area contributed by atoms with Crippen molar-refractivity contribution < 1.29 is 12.6 Å². The summed E-state index contributed by atoms with van der Waals surface area (Å²) >= 11 is 0. The summed E-state index contributed by atoms with van der Waals surface area (Å²) in [6, 6.07) is 0. The lowest BCUT2D eigenvalue weighted by atomic mass is 10.5. The van der Waals surface area contributed by atoms with Crippen molar-refractivity contribution in [2.45, 2.75) is 6.42 Å². The summed E-state index contributed by atoms with van der Waals surface area (Å²) in [6.07, 6.45) is 0.489. The van der Waals surface area contributed by atoms with Crippen LogP contribution < -0.4 is 0 Å². The topological polar surface area (TPSA) is 43.4 Å². The molecule has 0 aliphatic heterocycles. The second-order valence-corrected chi connectivity index (χ2v) is 1.62. The maximum atomic E-state index is 9.55. The Balaban J connectivity index is 2.98. The zero-order valence-electron chi connectivity index (χ0n) is 3.79. The van der Waals surface area contributed by atoms with E-state index in [9.17, 15) is 8.42 Å². The van der Waals surface area contributed by atoms with Gasteiger partial charge in [-0.2, -0.15) is 0 Å². The molecule has 0 aromatic rings. The van der Waals surface area contributed by atoms with Crippen molar-refractivity contribution in [3.8, 4) is 0 Å². The van der Waals surface area contributed by atoms with Gasteiger partial charge in [0.1, 0.15) is 0 Å². The van der Waals surface area contributed by atoms with Gasteiger partial charge in [-0.3, -0.25) is 4.18 Å². The molecule has 1 radical (unpaired) electrons. The Morgan fingerprint density at radius 2 is 2.14 bits per heavy atom. The summed E-state index contributed by atoms with van der Waals surface area (Å²) in [5, 5.41) is 0. The van der Waals surface area contributed by atoms with E-state index >= 15 is 0 Å². The van der Waals surface area contributed by atoms with E-state index in [1.54, 1.807) is 0 Å². The normalized spacial score (nSPS) is 10.0. The summed E-state index contributed by atoms with van der Waals surface area (Å²) < 4.78 is 23.2. The standard InChI is InChI=1S/C3H7O3S/c1-2-3-6-7(4)5/h7H,1-3H2. The van der Waals surface area contributed by atoms with Crippen molar-refractivity contribution in [3.05, 3.63) is 6.92 Å². The highest BCUT2D eigenvalue weighted by molar-refractivity contribution is 7.67. The van der Waals surface area contributed by atoms with Gasteiger partial charge in [0.05, 0.1) is 6.61 Å². The Labute approximate surface area is 44.4 Å². The lowest BCUT2D eigenvalue weighted by Crippen LogP contribution is -1.87. The minimum Gasteiger partial charge on any atom is -0.272 e. The molecule has 43 valence electrons. The molecule has 0 aromatic carbocycles. The van der Waals surface area contributed by atoms with Crippen LogP contribution in [0.15, 0.2) is 0 Å². The first-order valence-electron chi connectivity index (χ1n) is 1.84. The fraction of sp³-hybridized carbons (Fsp3) is 0.667. The smallest absolute Gasteiger partial charge is 0.257 e. The molecule has 3 nitrogen and oxygen atoms in total.